The van der Waals surface area contributed by atoms with E-state index >= 15 is 0 Å². The third-order valence-corrected chi connectivity index (χ3v) is 4.71. The molecule has 21 heavy (non-hydrogen) atoms. The number of likely N-dealkylation sites (tertiary alicyclic amines) is 1. The molecule has 3 N–H and O–H groups in total. The van der Waals surface area contributed by atoms with E-state index in [4.69, 9.17) is 28.3 Å². The van der Waals surface area contributed by atoms with Crippen LogP contribution >= 0.6 is 23.2 Å². The lowest BCUT2D eigenvalue weighted by Crippen LogP contribution is -2.40. The average Bonchev–Trinajstić information content (AvgIpc) is 2.71. The highest BCUT2D eigenvalue weighted by atomic mass is 35.5. The second-order valence-corrected chi connectivity index (χ2v) is 6.01. The molecule has 7 heteroatoms. The van der Waals surface area contributed by atoms with Gasteiger partial charge in [-0.3, -0.25) is 4.79 Å². The summed E-state index contributed by atoms with van der Waals surface area (Å²) in [5.41, 5.74) is 0.450. The van der Waals surface area contributed by atoms with Crippen molar-refractivity contribution in [1.29, 1.82) is 0 Å². The zero-order chi connectivity index (χ0) is 15.7. The number of hydrogen-bond donors (Lipinski definition) is 3. The van der Waals surface area contributed by atoms with Gasteiger partial charge in [0, 0.05) is 30.5 Å². The number of rotatable bonds is 4. The van der Waals surface area contributed by atoms with Crippen molar-refractivity contribution in [3.8, 4) is 5.75 Å². The Bertz CT molecular complexity index is 552. The number of phenolic OH excluding ortho intramolecular Hbond substituents is 1. The van der Waals surface area contributed by atoms with Crippen molar-refractivity contribution in [2.45, 2.75) is 31.4 Å². The average molecular weight is 334 g/mol. The van der Waals surface area contributed by atoms with Crippen molar-refractivity contribution in [3.63, 3.8) is 0 Å². The quantitative estimate of drug-likeness (QED) is 0.784. The van der Waals surface area contributed by atoms with Crippen LogP contribution in [0.1, 0.15) is 24.8 Å². The molecule has 2 rings (SSSR count). The van der Waals surface area contributed by atoms with Crippen molar-refractivity contribution in [2.75, 3.05) is 13.2 Å². The molecule has 1 aliphatic rings. The summed E-state index contributed by atoms with van der Waals surface area (Å²) in [6, 6.07) is 2.68. The summed E-state index contributed by atoms with van der Waals surface area (Å²) in [6.07, 6.45) is -0.814. The summed E-state index contributed by atoms with van der Waals surface area (Å²) in [4.78, 5) is 13.6. The molecule has 0 aliphatic carbocycles. The van der Waals surface area contributed by atoms with E-state index in [9.17, 15) is 15.0 Å². The Balaban J connectivity index is 2.31. The van der Waals surface area contributed by atoms with Crippen molar-refractivity contribution in [3.05, 3.63) is 27.7 Å². The minimum atomic E-state index is -0.987. The fraction of sp³-hybridized carbons (Fsp3) is 0.500. The molecule has 1 aromatic rings. The first-order chi connectivity index (χ1) is 9.86. The minimum absolute atomic E-state index is 0.00129. The number of β-amino-alcohol motifs (C(OH)–C–C–N with tert-alkyl or cyclic N) is 1. The van der Waals surface area contributed by atoms with Gasteiger partial charge >= 0.3 is 0 Å². The lowest BCUT2D eigenvalue weighted by Gasteiger charge is -2.27. The molecule has 0 radical (unpaired) electrons. The second-order valence-electron chi connectivity index (χ2n) is 5.23. The van der Waals surface area contributed by atoms with Crippen molar-refractivity contribution >= 4 is 29.1 Å². The Morgan fingerprint density at radius 2 is 2.10 bits per heavy atom. The SMILES string of the molecule is C[C@@H]1[C@@H](c2c(O)ccc(Cl)c2Cl)CC(=O)N1C[C@H](O)CO. The molecule has 1 saturated heterocycles. The smallest absolute Gasteiger partial charge is 0.223 e. The van der Waals surface area contributed by atoms with Gasteiger partial charge in [0.15, 0.2) is 0 Å². The number of carbonyl (C=O) groups excluding carboxylic acids is 1. The molecule has 1 heterocycles. The predicted octanol–water partition coefficient (Wildman–Crippen LogP) is 1.76. The van der Waals surface area contributed by atoms with Gasteiger partial charge in [0.25, 0.3) is 0 Å². The highest BCUT2D eigenvalue weighted by molar-refractivity contribution is 6.42. The van der Waals surface area contributed by atoms with E-state index in [1.54, 1.807) is 0 Å². The number of amides is 1. The van der Waals surface area contributed by atoms with E-state index in [1.807, 2.05) is 6.92 Å². The standard InChI is InChI=1S/C14H17Cl2NO4/c1-7-9(4-12(21)17(7)5-8(19)6-18)13-11(20)3-2-10(15)14(13)16/h2-3,7-9,18-20H,4-6H2,1H3/t7-,8+,9+/m1/s1. The maximum atomic E-state index is 12.1. The number of aromatic hydroxyl groups is 1. The summed E-state index contributed by atoms with van der Waals surface area (Å²) in [6.45, 7) is 1.45. The lowest BCUT2D eigenvalue weighted by atomic mass is 9.91. The summed E-state index contributed by atoms with van der Waals surface area (Å²) in [5, 5.41) is 29.0. The Labute approximate surface area is 132 Å². The van der Waals surface area contributed by atoms with Crippen molar-refractivity contribution in [1.82, 2.24) is 4.90 Å². The van der Waals surface area contributed by atoms with Gasteiger partial charge in [-0.2, -0.15) is 0 Å². The number of aliphatic hydroxyl groups excluding tert-OH is 2. The van der Waals surface area contributed by atoms with Crippen LogP contribution in [0.15, 0.2) is 12.1 Å². The van der Waals surface area contributed by atoms with E-state index in [0.717, 1.165) is 0 Å². The van der Waals surface area contributed by atoms with E-state index in [2.05, 4.69) is 0 Å². The van der Waals surface area contributed by atoms with E-state index in [1.165, 1.54) is 17.0 Å². The fourth-order valence-corrected chi connectivity index (χ4v) is 3.19. The molecule has 3 atom stereocenters. The van der Waals surface area contributed by atoms with Crippen LogP contribution in [0, 0.1) is 0 Å². The van der Waals surface area contributed by atoms with E-state index in [-0.39, 0.29) is 41.6 Å². The van der Waals surface area contributed by atoms with Crippen molar-refractivity contribution in [2.24, 2.45) is 0 Å². The lowest BCUT2D eigenvalue weighted by molar-refractivity contribution is -0.130. The molecular formula is C14H17Cl2NO4. The van der Waals surface area contributed by atoms with Gasteiger partial charge in [0.1, 0.15) is 5.75 Å². The van der Waals surface area contributed by atoms with Crippen LogP contribution in [0.25, 0.3) is 0 Å². The molecule has 0 unspecified atom stereocenters. The van der Waals surface area contributed by atoms with Crippen molar-refractivity contribution < 1.29 is 20.1 Å². The molecule has 0 spiro atoms. The van der Waals surface area contributed by atoms with E-state index < -0.39 is 12.7 Å². The topological polar surface area (TPSA) is 81.0 Å². The molecule has 0 bridgehead atoms. The second kappa shape index (κ2) is 6.40. The monoisotopic (exact) mass is 333 g/mol. The van der Waals surface area contributed by atoms with Gasteiger partial charge in [0.05, 0.1) is 22.8 Å². The summed E-state index contributed by atoms with van der Waals surface area (Å²) in [5.74, 6) is -0.469. The number of nitrogens with zero attached hydrogens (tertiary/aromatic N) is 1. The summed E-state index contributed by atoms with van der Waals surface area (Å²) >= 11 is 12.1. The molecule has 1 aromatic carbocycles. The van der Waals surface area contributed by atoms with Gasteiger partial charge in [-0.05, 0) is 19.1 Å². The van der Waals surface area contributed by atoms with Crippen LogP contribution in [-0.2, 0) is 4.79 Å². The number of carbonyl (C=O) groups is 1. The molecule has 1 amide bonds. The molecule has 5 nitrogen and oxygen atoms in total. The predicted molar refractivity (Wildman–Crippen MR) is 79.8 cm³/mol. The molecule has 0 aromatic heterocycles. The Morgan fingerprint density at radius 3 is 2.71 bits per heavy atom. The van der Waals surface area contributed by atoms with Crippen LogP contribution in [0.3, 0.4) is 0 Å². The van der Waals surface area contributed by atoms with Crippen LogP contribution in [0.4, 0.5) is 0 Å². The molecule has 1 aliphatic heterocycles. The zero-order valence-corrected chi connectivity index (χ0v) is 13.0. The fourth-order valence-electron chi connectivity index (χ4n) is 2.73. The number of halogens is 2. The third kappa shape index (κ3) is 3.11. The van der Waals surface area contributed by atoms with Gasteiger partial charge in [0.2, 0.25) is 5.91 Å². The van der Waals surface area contributed by atoms with Crippen LogP contribution in [0.5, 0.6) is 5.75 Å². The zero-order valence-electron chi connectivity index (χ0n) is 11.5. The highest BCUT2D eigenvalue weighted by Gasteiger charge is 2.40. The largest absolute Gasteiger partial charge is 0.508 e. The van der Waals surface area contributed by atoms with Crippen LogP contribution < -0.4 is 0 Å². The normalized spacial score (nSPS) is 23.7. The van der Waals surface area contributed by atoms with Crippen LogP contribution in [0.2, 0.25) is 10.0 Å². The molecule has 116 valence electrons. The van der Waals surface area contributed by atoms with Gasteiger partial charge in [-0.15, -0.1) is 0 Å². The first-order valence-corrected chi connectivity index (χ1v) is 7.37. The Morgan fingerprint density at radius 1 is 1.43 bits per heavy atom. The maximum absolute atomic E-state index is 12.1. The van der Waals surface area contributed by atoms with Crippen LogP contribution in [-0.4, -0.2) is 51.4 Å². The molecule has 1 fully saturated rings. The first-order valence-electron chi connectivity index (χ1n) is 6.62. The maximum Gasteiger partial charge on any atom is 0.223 e. The number of hydrogen-bond acceptors (Lipinski definition) is 4. The first kappa shape index (κ1) is 16.4. The minimum Gasteiger partial charge on any atom is -0.508 e. The number of benzene rings is 1. The summed E-state index contributed by atoms with van der Waals surface area (Å²) < 4.78 is 0. The van der Waals surface area contributed by atoms with Gasteiger partial charge in [-0.1, -0.05) is 23.2 Å². The summed E-state index contributed by atoms with van der Waals surface area (Å²) in [7, 11) is 0. The molecule has 0 saturated carbocycles. The van der Waals surface area contributed by atoms with Gasteiger partial charge in [-0.25, -0.2) is 0 Å². The number of aliphatic hydroxyl groups is 2. The number of phenols is 1. The van der Waals surface area contributed by atoms with Gasteiger partial charge < -0.3 is 20.2 Å². The highest BCUT2D eigenvalue weighted by Crippen LogP contribution is 2.44. The Hall–Kier alpha value is -1.01. The third-order valence-electron chi connectivity index (χ3n) is 3.89. The molecular weight excluding hydrogens is 317 g/mol. The van der Waals surface area contributed by atoms with E-state index in [0.29, 0.717) is 10.6 Å². The Kier molecular flexibility index (Phi) is 4.99.